The number of esters is 6. The lowest BCUT2D eigenvalue weighted by Gasteiger charge is -2.22. The van der Waals surface area contributed by atoms with Crippen molar-refractivity contribution in [2.75, 3.05) is 66.6 Å². The standard InChI is InChI=1S/C23H23NO5.C23H26O5.C21H22O5.C14H20O5.C8H16/c1-2-22(25)28-16-6-4-3-5-15-27-20-13-9-19(10-14-20)23(26)29-21-11-7-18(17-24)8-12-21;1-3-22(24)27-17-7-5-4-6-16-26-20-14-10-19(11-15-20)23(25)28-21-12-8-18(2)9-13-21;1-4-20(22)25-13-5-12-24-18-10-7-17(8-11-18)21(23)26-19-9-6-15(2)16(3)14-19;1-3-9-17-18-11-4-10-16-14-7-5-13(6-8-14)12-19-15-2;1-7-3-5-8(2)6-4-7/h2,7-14H,1,3-6,15-16H2;3,8-15H,1,4-7,16-17H2,2H3;4,6-11,14H,1,5,12-13H2,2-3H3;3,5-8H,1,4,9-12H2,2H3;7-8H,3-6H2,1-2H3. The van der Waals surface area contributed by atoms with Crippen LogP contribution in [0.15, 0.2) is 214 Å². The lowest BCUT2D eigenvalue weighted by Crippen LogP contribution is -2.09. The number of carbonyl (C=O) groups is 6. The van der Waals surface area contributed by atoms with E-state index in [2.05, 4.69) is 45.1 Å². The molecule has 0 aromatic heterocycles. The molecule has 110 heavy (non-hydrogen) atoms. The molecule has 0 heterocycles. The highest BCUT2D eigenvalue weighted by Crippen LogP contribution is 2.28. The zero-order valence-corrected chi connectivity index (χ0v) is 64.5. The van der Waals surface area contributed by atoms with Crippen LogP contribution in [0.4, 0.5) is 0 Å². The summed E-state index contributed by atoms with van der Waals surface area (Å²) in [5.41, 5.74) is 6.17. The van der Waals surface area contributed by atoms with Gasteiger partial charge in [-0.25, -0.2) is 48.3 Å². The molecule has 0 spiro atoms. The van der Waals surface area contributed by atoms with Gasteiger partial charge in [0, 0.05) is 31.1 Å². The van der Waals surface area contributed by atoms with Gasteiger partial charge >= 0.3 is 35.8 Å². The maximum Gasteiger partial charge on any atom is 0.343 e. The van der Waals surface area contributed by atoms with Crippen molar-refractivity contribution in [2.45, 2.75) is 131 Å². The van der Waals surface area contributed by atoms with Crippen LogP contribution in [0.2, 0.25) is 0 Å². The predicted molar refractivity (Wildman–Crippen MR) is 421 cm³/mol. The third kappa shape index (κ3) is 41.3. The number of rotatable bonds is 41. The van der Waals surface area contributed by atoms with Crippen molar-refractivity contribution < 1.29 is 95.7 Å². The van der Waals surface area contributed by atoms with Crippen LogP contribution in [0.25, 0.3) is 0 Å². The van der Waals surface area contributed by atoms with Gasteiger partial charge in [-0.15, -0.1) is 6.58 Å². The fourth-order valence-electron chi connectivity index (χ4n) is 9.68. The predicted octanol–water partition coefficient (Wildman–Crippen LogP) is 18.8. The molecule has 21 nitrogen and oxygen atoms in total. The molecule has 1 fully saturated rings. The van der Waals surface area contributed by atoms with Gasteiger partial charge in [-0.2, -0.15) is 5.26 Å². The third-order valence-electron chi connectivity index (χ3n) is 16.3. The van der Waals surface area contributed by atoms with Crippen molar-refractivity contribution >= 4 is 35.8 Å². The van der Waals surface area contributed by atoms with Crippen LogP contribution >= 0.6 is 0 Å². The Labute approximate surface area is 648 Å². The Kier molecular flexibility index (Phi) is 46.6. The molecule has 7 aromatic rings. The summed E-state index contributed by atoms with van der Waals surface area (Å²) in [6.07, 6.45) is 19.6. The van der Waals surface area contributed by atoms with Gasteiger partial charge in [0.15, 0.2) is 0 Å². The normalized spacial score (nSPS) is 12.3. The number of nitrogens with zero attached hydrogens (tertiary/aromatic N) is 1. The largest absolute Gasteiger partial charge is 0.494 e. The molecule has 7 aromatic carbocycles. The molecule has 588 valence electrons. The summed E-state index contributed by atoms with van der Waals surface area (Å²) in [7, 11) is 1.48. The first kappa shape index (κ1) is 91.2. The molecule has 0 unspecified atom stereocenters. The van der Waals surface area contributed by atoms with Gasteiger partial charge in [0.1, 0.15) is 53.5 Å². The molecule has 0 radical (unpaired) electrons. The van der Waals surface area contributed by atoms with E-state index in [9.17, 15) is 28.8 Å². The van der Waals surface area contributed by atoms with E-state index in [1.165, 1.54) is 38.9 Å². The molecule has 1 saturated carbocycles. The Morgan fingerprint density at radius 1 is 0.391 bits per heavy atom. The zero-order chi connectivity index (χ0) is 79.8. The second kappa shape index (κ2) is 56.2. The number of unbranched alkanes of at least 4 members (excludes halogenated alkanes) is 6. The lowest BCUT2D eigenvalue weighted by atomic mass is 9.84. The number of nitriles is 1. The van der Waals surface area contributed by atoms with E-state index in [1.54, 1.807) is 121 Å². The summed E-state index contributed by atoms with van der Waals surface area (Å²) in [6.45, 7) is 28.8. The fraction of sp³-hybridized carbons (Fsp3) is 0.360. The molecule has 0 atom stereocenters. The molecule has 0 saturated heterocycles. The topological polar surface area (TPSA) is 255 Å². The van der Waals surface area contributed by atoms with Crippen LogP contribution in [0, 0.1) is 43.9 Å². The molecule has 0 N–H and O–H groups in total. The van der Waals surface area contributed by atoms with E-state index in [0.29, 0.717) is 123 Å². The quantitative estimate of drug-likeness (QED) is 0.00504. The van der Waals surface area contributed by atoms with Crippen molar-refractivity contribution in [2.24, 2.45) is 11.8 Å². The van der Waals surface area contributed by atoms with Crippen LogP contribution in [0.5, 0.6) is 40.2 Å². The monoisotopic (exact) mass is 1510 g/mol. The van der Waals surface area contributed by atoms with Crippen LogP contribution in [-0.4, -0.2) is 102 Å². The first-order valence-electron chi connectivity index (χ1n) is 36.9. The average Bonchev–Trinajstić information content (AvgIpc) is 0.869. The molecule has 1 aliphatic carbocycles. The van der Waals surface area contributed by atoms with E-state index >= 15 is 0 Å². The SMILES string of the molecule is C=CC(=O)OCCCCCCOc1ccc(C(=O)Oc2ccc(C#N)cc2)cc1.C=CC(=O)OCCCCCCOc1ccc(C(=O)Oc2ccc(C)cc2)cc1.C=CC(=O)OCCCOc1ccc(C(=O)Oc2ccc(C)c(C)c2)cc1.C=CCOOCCCOc1ccc(COOC)cc1.CC1CCC(C)CC1. The second-order valence-electron chi connectivity index (χ2n) is 25.3. The van der Waals surface area contributed by atoms with Gasteiger partial charge in [0.2, 0.25) is 0 Å². The number of ether oxygens (including phenoxy) is 10. The molecule has 21 heteroatoms. The highest BCUT2D eigenvalue weighted by Gasteiger charge is 2.15. The maximum absolute atomic E-state index is 12.2. The smallest absolute Gasteiger partial charge is 0.343 e. The van der Waals surface area contributed by atoms with Gasteiger partial charge in [-0.1, -0.05) is 101 Å². The molecule has 0 amide bonds. The van der Waals surface area contributed by atoms with Gasteiger partial charge in [-0.3, -0.25) is 0 Å². The summed E-state index contributed by atoms with van der Waals surface area (Å²) in [4.78, 5) is 88.2. The summed E-state index contributed by atoms with van der Waals surface area (Å²) in [5.74, 6) is 3.79. The molecule has 0 aliphatic heterocycles. The second-order valence-corrected chi connectivity index (χ2v) is 25.3. The minimum atomic E-state index is -0.474. The first-order valence-corrected chi connectivity index (χ1v) is 36.9. The van der Waals surface area contributed by atoms with Gasteiger partial charge in [-0.05, 0) is 234 Å². The Morgan fingerprint density at radius 2 is 0.736 bits per heavy atom. The first-order chi connectivity index (χ1) is 53.3. The van der Waals surface area contributed by atoms with Gasteiger partial charge in [0.05, 0.1) is 88.3 Å². The van der Waals surface area contributed by atoms with Crippen molar-refractivity contribution in [1.82, 2.24) is 0 Å². The number of benzene rings is 7. The Bertz CT molecular complexity index is 3850. The summed E-state index contributed by atoms with van der Waals surface area (Å²) < 4.78 is 53.1. The fourth-order valence-corrected chi connectivity index (χ4v) is 9.68. The van der Waals surface area contributed by atoms with Crippen molar-refractivity contribution in [3.05, 3.63) is 259 Å². The Morgan fingerprint density at radius 3 is 1.12 bits per heavy atom. The summed E-state index contributed by atoms with van der Waals surface area (Å²) in [5, 5.41) is 8.78. The number of hydrogen-bond acceptors (Lipinski definition) is 21. The highest BCUT2D eigenvalue weighted by atomic mass is 17.2. The van der Waals surface area contributed by atoms with Gasteiger partial charge in [0.25, 0.3) is 0 Å². The molecule has 0 bridgehead atoms. The van der Waals surface area contributed by atoms with Crippen molar-refractivity contribution in [1.29, 1.82) is 5.26 Å². The van der Waals surface area contributed by atoms with Crippen LogP contribution in [0.1, 0.15) is 163 Å². The zero-order valence-electron chi connectivity index (χ0n) is 64.5. The Balaban J connectivity index is 0.000000301. The Hall–Kier alpha value is -11.2. The maximum atomic E-state index is 12.2. The molecule has 8 rings (SSSR count). The third-order valence-corrected chi connectivity index (χ3v) is 16.3. The van der Waals surface area contributed by atoms with E-state index in [-0.39, 0.29) is 12.6 Å². The number of carbonyl (C=O) groups excluding carboxylic acids is 6. The van der Waals surface area contributed by atoms with Crippen LogP contribution in [-0.2, 0) is 54.8 Å². The molecular weight excluding hydrogens is 1400 g/mol. The summed E-state index contributed by atoms with van der Waals surface area (Å²) >= 11 is 0. The number of aryl methyl sites for hydroxylation is 3. The lowest BCUT2D eigenvalue weighted by molar-refractivity contribution is -0.287. The summed E-state index contributed by atoms with van der Waals surface area (Å²) in [6, 6.07) is 49.2. The van der Waals surface area contributed by atoms with E-state index in [4.69, 9.17) is 67.3 Å². The van der Waals surface area contributed by atoms with E-state index in [1.807, 2.05) is 75.4 Å². The highest BCUT2D eigenvalue weighted by molar-refractivity contribution is 5.92. The van der Waals surface area contributed by atoms with Crippen molar-refractivity contribution in [3.63, 3.8) is 0 Å². The number of hydrogen-bond donors (Lipinski definition) is 0. The van der Waals surface area contributed by atoms with Crippen LogP contribution < -0.4 is 33.2 Å². The van der Waals surface area contributed by atoms with Crippen LogP contribution in [0.3, 0.4) is 0 Å². The average molecular weight is 1510 g/mol. The molecule has 1 aliphatic rings. The van der Waals surface area contributed by atoms with Gasteiger partial charge < -0.3 is 47.4 Å². The van der Waals surface area contributed by atoms with E-state index in [0.717, 1.165) is 110 Å². The minimum Gasteiger partial charge on any atom is -0.494 e. The van der Waals surface area contributed by atoms with E-state index < -0.39 is 29.8 Å². The minimum absolute atomic E-state index is 0.269. The molecular formula is C89H107NO20. The van der Waals surface area contributed by atoms with Crippen molar-refractivity contribution in [3.8, 4) is 46.3 Å².